The van der Waals surface area contributed by atoms with Crippen molar-refractivity contribution >= 4 is 15.9 Å². The number of piperidine rings is 1. The Kier molecular flexibility index (Phi) is 5.97. The number of aryl methyl sites for hydroxylation is 1. The van der Waals surface area contributed by atoms with E-state index >= 15 is 0 Å². The molecule has 1 atom stereocenters. The lowest BCUT2D eigenvalue weighted by Crippen LogP contribution is -2.43. The van der Waals surface area contributed by atoms with Gasteiger partial charge in [0, 0.05) is 19.0 Å². The minimum absolute atomic E-state index is 0.000655. The van der Waals surface area contributed by atoms with Crippen molar-refractivity contribution < 1.29 is 13.2 Å². The summed E-state index contributed by atoms with van der Waals surface area (Å²) in [6, 6.07) is 16.8. The van der Waals surface area contributed by atoms with Gasteiger partial charge >= 0.3 is 0 Å². The second-order valence-corrected chi connectivity index (χ2v) is 8.99. The zero-order valence-corrected chi connectivity index (χ0v) is 16.6. The molecule has 1 saturated heterocycles. The minimum atomic E-state index is -3.51. The maximum Gasteiger partial charge on any atom is 0.243 e. The van der Waals surface area contributed by atoms with E-state index in [1.807, 2.05) is 43.3 Å². The van der Waals surface area contributed by atoms with Crippen LogP contribution in [-0.4, -0.2) is 31.7 Å². The van der Waals surface area contributed by atoms with Crippen LogP contribution in [0.3, 0.4) is 0 Å². The van der Waals surface area contributed by atoms with Gasteiger partial charge < -0.3 is 5.32 Å². The molecule has 0 saturated carbocycles. The molecule has 0 aromatic heterocycles. The molecule has 5 nitrogen and oxygen atoms in total. The molecule has 0 aliphatic carbocycles. The SMILES string of the molecule is Cc1ccccc1S(=O)(=O)N1CCC(C(=O)NC(C)c2ccccc2)CC1. The van der Waals surface area contributed by atoms with Crippen molar-refractivity contribution in [2.75, 3.05) is 13.1 Å². The summed E-state index contributed by atoms with van der Waals surface area (Å²) in [6.07, 6.45) is 1.08. The highest BCUT2D eigenvalue weighted by Gasteiger charge is 2.33. The molecule has 1 unspecified atom stereocenters. The number of carbonyl (C=O) groups is 1. The van der Waals surface area contributed by atoms with Crippen molar-refractivity contribution in [1.29, 1.82) is 0 Å². The number of nitrogens with one attached hydrogen (secondary N) is 1. The smallest absolute Gasteiger partial charge is 0.243 e. The third-order valence-electron chi connectivity index (χ3n) is 5.19. The van der Waals surface area contributed by atoms with Crippen LogP contribution in [0, 0.1) is 12.8 Å². The van der Waals surface area contributed by atoms with Crippen molar-refractivity contribution in [2.24, 2.45) is 5.92 Å². The Labute approximate surface area is 161 Å². The van der Waals surface area contributed by atoms with Gasteiger partial charge in [0.05, 0.1) is 10.9 Å². The lowest BCUT2D eigenvalue weighted by atomic mass is 9.96. The maximum absolute atomic E-state index is 12.9. The molecule has 6 heteroatoms. The minimum Gasteiger partial charge on any atom is -0.349 e. The second kappa shape index (κ2) is 8.23. The van der Waals surface area contributed by atoms with Crippen LogP contribution in [0.5, 0.6) is 0 Å². The van der Waals surface area contributed by atoms with Crippen LogP contribution in [0.1, 0.15) is 36.9 Å². The molecule has 144 valence electrons. The van der Waals surface area contributed by atoms with Crippen molar-refractivity contribution in [1.82, 2.24) is 9.62 Å². The predicted octanol–water partition coefficient (Wildman–Crippen LogP) is 3.27. The van der Waals surface area contributed by atoms with Crippen LogP contribution < -0.4 is 5.32 Å². The van der Waals surface area contributed by atoms with E-state index in [0.29, 0.717) is 30.8 Å². The van der Waals surface area contributed by atoms with Gasteiger partial charge in [-0.25, -0.2) is 8.42 Å². The number of nitrogens with zero attached hydrogens (tertiary/aromatic N) is 1. The highest BCUT2D eigenvalue weighted by molar-refractivity contribution is 7.89. The van der Waals surface area contributed by atoms with Gasteiger partial charge in [0.25, 0.3) is 0 Å². The van der Waals surface area contributed by atoms with Gasteiger partial charge in [-0.1, -0.05) is 48.5 Å². The summed E-state index contributed by atoms with van der Waals surface area (Å²) in [7, 11) is -3.51. The van der Waals surface area contributed by atoms with E-state index in [0.717, 1.165) is 11.1 Å². The van der Waals surface area contributed by atoms with Gasteiger partial charge in [0.1, 0.15) is 0 Å². The lowest BCUT2D eigenvalue weighted by Gasteiger charge is -2.31. The van der Waals surface area contributed by atoms with E-state index in [4.69, 9.17) is 0 Å². The molecular weight excluding hydrogens is 360 g/mol. The van der Waals surface area contributed by atoms with E-state index in [1.165, 1.54) is 4.31 Å². The number of amides is 1. The summed E-state index contributed by atoms with van der Waals surface area (Å²) in [6.45, 7) is 4.51. The first kappa shape index (κ1) is 19.6. The molecule has 2 aromatic carbocycles. The Balaban J connectivity index is 1.60. The Morgan fingerprint density at radius 3 is 2.26 bits per heavy atom. The molecule has 1 fully saturated rings. The van der Waals surface area contributed by atoms with Crippen molar-refractivity contribution in [3.8, 4) is 0 Å². The summed E-state index contributed by atoms with van der Waals surface area (Å²) < 4.78 is 27.2. The normalized spacial score (nSPS) is 17.4. The average molecular weight is 387 g/mol. The third-order valence-corrected chi connectivity index (χ3v) is 7.25. The Hall–Kier alpha value is -2.18. The summed E-state index contributed by atoms with van der Waals surface area (Å²) in [5, 5.41) is 3.05. The average Bonchev–Trinajstić information content (AvgIpc) is 2.69. The number of carbonyl (C=O) groups excluding carboxylic acids is 1. The quantitative estimate of drug-likeness (QED) is 0.858. The Bertz CT molecular complexity index is 889. The molecule has 3 rings (SSSR count). The van der Waals surface area contributed by atoms with Crippen molar-refractivity contribution in [3.63, 3.8) is 0 Å². The highest BCUT2D eigenvalue weighted by atomic mass is 32.2. The van der Waals surface area contributed by atoms with E-state index in [9.17, 15) is 13.2 Å². The summed E-state index contributed by atoms with van der Waals surface area (Å²) in [5.74, 6) is -0.154. The first-order valence-electron chi connectivity index (χ1n) is 9.30. The molecule has 0 bridgehead atoms. The van der Waals surface area contributed by atoms with Crippen LogP contribution in [0.4, 0.5) is 0 Å². The van der Waals surface area contributed by atoms with E-state index in [-0.39, 0.29) is 17.9 Å². The van der Waals surface area contributed by atoms with Gasteiger partial charge in [-0.05, 0) is 43.9 Å². The fourth-order valence-electron chi connectivity index (χ4n) is 3.50. The summed E-state index contributed by atoms with van der Waals surface area (Å²) >= 11 is 0. The van der Waals surface area contributed by atoms with Gasteiger partial charge in [-0.2, -0.15) is 4.31 Å². The fraction of sp³-hybridized carbons (Fsp3) is 0.381. The maximum atomic E-state index is 12.9. The molecule has 1 aliphatic heterocycles. The lowest BCUT2D eigenvalue weighted by molar-refractivity contribution is -0.126. The standard InChI is InChI=1S/C21H26N2O3S/c1-16-8-6-7-11-20(16)27(25,26)23-14-12-19(13-15-23)21(24)22-17(2)18-9-4-3-5-10-18/h3-11,17,19H,12-15H2,1-2H3,(H,22,24). The largest absolute Gasteiger partial charge is 0.349 e. The number of hydrogen-bond donors (Lipinski definition) is 1. The molecule has 1 aliphatic rings. The van der Waals surface area contributed by atoms with E-state index in [2.05, 4.69) is 5.32 Å². The van der Waals surface area contributed by atoms with Gasteiger partial charge in [0.15, 0.2) is 0 Å². The monoisotopic (exact) mass is 386 g/mol. The Morgan fingerprint density at radius 1 is 1.04 bits per heavy atom. The summed E-state index contributed by atoms with van der Waals surface area (Å²) in [4.78, 5) is 12.9. The van der Waals surface area contributed by atoms with E-state index in [1.54, 1.807) is 25.1 Å². The molecule has 1 amide bonds. The molecule has 2 aromatic rings. The predicted molar refractivity (Wildman–Crippen MR) is 106 cm³/mol. The zero-order valence-electron chi connectivity index (χ0n) is 15.8. The zero-order chi connectivity index (χ0) is 19.4. The number of rotatable bonds is 5. The van der Waals surface area contributed by atoms with Crippen LogP contribution >= 0.6 is 0 Å². The topological polar surface area (TPSA) is 66.5 Å². The molecular formula is C21H26N2O3S. The van der Waals surface area contributed by atoms with Crippen LogP contribution in [0.15, 0.2) is 59.5 Å². The molecule has 0 radical (unpaired) electrons. The van der Waals surface area contributed by atoms with Gasteiger partial charge in [-0.15, -0.1) is 0 Å². The second-order valence-electron chi connectivity index (χ2n) is 7.08. The molecule has 0 spiro atoms. The van der Waals surface area contributed by atoms with Crippen molar-refractivity contribution in [3.05, 3.63) is 65.7 Å². The summed E-state index contributed by atoms with van der Waals surface area (Å²) in [5.41, 5.74) is 1.81. The molecule has 1 N–H and O–H groups in total. The molecule has 1 heterocycles. The van der Waals surface area contributed by atoms with Gasteiger partial charge in [0.2, 0.25) is 15.9 Å². The first-order valence-corrected chi connectivity index (χ1v) is 10.7. The van der Waals surface area contributed by atoms with Crippen molar-refractivity contribution in [2.45, 2.75) is 37.6 Å². The van der Waals surface area contributed by atoms with Gasteiger partial charge in [-0.3, -0.25) is 4.79 Å². The fourth-order valence-corrected chi connectivity index (χ4v) is 5.19. The van der Waals surface area contributed by atoms with E-state index < -0.39 is 10.0 Å². The third kappa shape index (κ3) is 4.39. The Morgan fingerprint density at radius 2 is 1.63 bits per heavy atom. The first-order chi connectivity index (χ1) is 12.9. The number of hydrogen-bond acceptors (Lipinski definition) is 3. The molecule has 27 heavy (non-hydrogen) atoms. The highest BCUT2D eigenvalue weighted by Crippen LogP contribution is 2.26. The van der Waals surface area contributed by atoms with Crippen LogP contribution in [0.2, 0.25) is 0 Å². The van der Waals surface area contributed by atoms with Crippen LogP contribution in [-0.2, 0) is 14.8 Å². The number of sulfonamides is 1. The van der Waals surface area contributed by atoms with Crippen LogP contribution in [0.25, 0.3) is 0 Å². The number of benzene rings is 2.